The maximum absolute atomic E-state index is 10.7. The molecule has 0 unspecified atom stereocenters. The van der Waals surface area contributed by atoms with Crippen molar-refractivity contribution < 1.29 is 59.8 Å². The van der Waals surface area contributed by atoms with E-state index in [-0.39, 0.29) is 11.6 Å². The Morgan fingerprint density at radius 1 is 0.481 bits per heavy atom. The van der Waals surface area contributed by atoms with Crippen LogP contribution in [0.4, 0.5) is 23.3 Å². The summed E-state index contributed by atoms with van der Waals surface area (Å²) in [4.78, 5) is 52.1. The van der Waals surface area contributed by atoms with Crippen LogP contribution in [0.5, 0.6) is 0 Å². The number of nitrogens with one attached hydrogen (secondary N) is 1. The number of nitrogen functional groups attached to an aromatic ring is 3. The van der Waals surface area contributed by atoms with Crippen LogP contribution in [0.1, 0.15) is 108 Å². The molecular weight excluding hydrogens is 1460 g/mol. The number of thioether (sulfide) groups is 1. The van der Waals surface area contributed by atoms with Crippen LogP contribution < -0.4 is 22.5 Å². The van der Waals surface area contributed by atoms with Crippen LogP contribution in [-0.2, 0) is 25.4 Å². The van der Waals surface area contributed by atoms with Gasteiger partial charge in [0.05, 0.1) is 49.7 Å². The number of nitrogens with two attached hydrogens (primary N) is 3. The molecule has 0 spiro atoms. The Kier molecular flexibility index (Phi) is 27.9. The van der Waals surface area contributed by atoms with Gasteiger partial charge in [-0.15, -0.1) is 52.7 Å². The molecule has 8 aromatic heterocycles. The average molecular weight is 1570 g/mol. The summed E-state index contributed by atoms with van der Waals surface area (Å²) in [7, 11) is 0. The molecule has 0 aromatic carbocycles. The summed E-state index contributed by atoms with van der Waals surface area (Å²) >= 11 is 1.43. The van der Waals surface area contributed by atoms with Gasteiger partial charge in [0.2, 0.25) is 0 Å². The molecule has 12 rings (SSSR count). The lowest BCUT2D eigenvalue weighted by Crippen LogP contribution is -2.31. The molecule has 16 atom stereocenters. The molecule has 586 valence electrons. The molecule has 15 N–H and O–H groups in total. The first-order chi connectivity index (χ1) is 49.7. The number of hydrogen-bond acceptors (Lipinski definition) is 29. The van der Waals surface area contributed by atoms with E-state index in [2.05, 4.69) is 170 Å². The van der Waals surface area contributed by atoms with Crippen molar-refractivity contribution in [3.8, 4) is 0 Å². The van der Waals surface area contributed by atoms with Gasteiger partial charge >= 0.3 is 0 Å². The SMILES string of the molecule is C=P(C)(C)CC[C@H]1O[C@@H](n2cnc3c(N)nc(C)nc32)[C@H](O)[C@@H]1O.C=P(C)(C)CC[C@H]1O[C@@H](n2cnc3c(N)nc(C)nc32)[C@H](O)[C@@H]1O.C=P(C)(C)CC[C@H]1O[C@@H](n2cnc3c(N)nc(CCCC)nc32)[C@H](O)[C@@H]1O.C=P(C)(C)CC[C@H]1O[C@@H](n2cnc3c(NC/C=C(/C)CC)nc(SC)nc32)[C@H](O)[C@@H]1O. The second kappa shape index (κ2) is 35.1. The third-order valence-corrected chi connectivity index (χ3v) is 25.2. The lowest BCUT2D eigenvalue weighted by Gasteiger charge is -2.18. The fraction of sp³-hybridized carbons (Fsp3) is 0.623. The normalized spacial score (nSPS) is 26.5. The molecule has 0 amide bonds. The highest BCUT2D eigenvalue weighted by atomic mass is 32.2. The molecule has 0 saturated carbocycles. The molecule has 0 radical (unpaired) electrons. The Labute approximate surface area is 624 Å². The summed E-state index contributed by atoms with van der Waals surface area (Å²) in [6.07, 6.45) is 24.0. The number of nitrogens with zero attached hydrogens (tertiary/aromatic N) is 16. The minimum atomic E-state index is -1.25. The third-order valence-electron chi connectivity index (χ3n) is 18.8. The zero-order valence-corrected chi connectivity index (χ0v) is 67.8. The van der Waals surface area contributed by atoms with Crippen molar-refractivity contribution in [2.75, 3.05) is 113 Å². The van der Waals surface area contributed by atoms with Gasteiger partial charge in [-0.25, -0.2) is 59.8 Å². The van der Waals surface area contributed by atoms with Gasteiger partial charge < -0.3 is 82.3 Å². The van der Waals surface area contributed by atoms with E-state index in [0.29, 0.717) is 111 Å². The van der Waals surface area contributed by atoms with Crippen molar-refractivity contribution in [3.63, 3.8) is 0 Å². The predicted octanol–water partition coefficient (Wildman–Crippen LogP) is 5.38. The number of imidazole rings is 4. The molecule has 4 fully saturated rings. The van der Waals surface area contributed by atoms with E-state index < -0.39 is 126 Å². The van der Waals surface area contributed by atoms with E-state index in [9.17, 15) is 40.9 Å². The number of aryl methyl sites for hydroxylation is 3. The predicted molar refractivity (Wildman–Crippen MR) is 432 cm³/mol. The molecule has 106 heavy (non-hydrogen) atoms. The molecule has 32 nitrogen and oxygen atoms in total. The summed E-state index contributed by atoms with van der Waals surface area (Å²) in [6.45, 7) is 22.6. The van der Waals surface area contributed by atoms with Gasteiger partial charge in [-0.3, -0.25) is 18.3 Å². The first kappa shape index (κ1) is 84.2. The number of aliphatic hydroxyl groups excluding tert-OH is 8. The second-order valence-electron chi connectivity index (χ2n) is 30.6. The van der Waals surface area contributed by atoms with Crippen LogP contribution in [0.25, 0.3) is 44.7 Å². The number of allylic oxidation sites excluding steroid dienone is 1. The van der Waals surface area contributed by atoms with Gasteiger partial charge in [-0.05, 0) is 144 Å². The molecule has 12 heterocycles. The molecule has 4 aliphatic heterocycles. The van der Waals surface area contributed by atoms with Gasteiger partial charge in [-0.1, -0.05) is 43.7 Å². The van der Waals surface area contributed by atoms with Gasteiger partial charge in [-0.2, -0.15) is 0 Å². The Morgan fingerprint density at radius 3 is 1.12 bits per heavy atom. The fourth-order valence-electron chi connectivity index (χ4n) is 12.6. The van der Waals surface area contributed by atoms with Crippen LogP contribution in [0, 0.1) is 13.8 Å². The fourth-order valence-corrected chi connectivity index (χ4v) is 16.7. The smallest absolute Gasteiger partial charge is 0.191 e. The van der Waals surface area contributed by atoms with Crippen LogP contribution in [-0.4, -0.2) is 308 Å². The first-order valence-electron chi connectivity index (χ1n) is 35.6. The zero-order chi connectivity index (χ0) is 77.8. The van der Waals surface area contributed by atoms with E-state index in [4.69, 9.17) is 36.1 Å². The van der Waals surface area contributed by atoms with E-state index in [1.807, 2.05) is 6.26 Å². The number of hydrogen-bond donors (Lipinski definition) is 12. The summed E-state index contributed by atoms with van der Waals surface area (Å²) in [5, 5.41) is 87.7. The Hall–Kier alpha value is -5.79. The number of rotatable bonds is 24. The molecular formula is C69H112N20O12P4S. The summed E-state index contributed by atoms with van der Waals surface area (Å²) in [5.41, 5.74) is 23.2. The molecule has 8 aromatic rings. The van der Waals surface area contributed by atoms with Gasteiger partial charge in [0, 0.05) is 13.0 Å². The Morgan fingerprint density at radius 2 is 0.802 bits per heavy atom. The average Bonchev–Trinajstić information content (AvgIpc) is 1.63. The molecule has 4 saturated heterocycles. The summed E-state index contributed by atoms with van der Waals surface area (Å²) in [6, 6.07) is 0. The van der Waals surface area contributed by atoms with Crippen molar-refractivity contribution in [2.24, 2.45) is 0 Å². The van der Waals surface area contributed by atoms with Gasteiger partial charge in [0.15, 0.2) is 81.4 Å². The number of anilines is 4. The highest BCUT2D eigenvalue weighted by Gasteiger charge is 2.48. The number of aliphatic hydroxyl groups is 8. The topological polar surface area (TPSA) is 463 Å². The van der Waals surface area contributed by atoms with Crippen molar-refractivity contribution in [2.45, 2.75) is 189 Å². The van der Waals surface area contributed by atoms with Crippen molar-refractivity contribution in [1.29, 1.82) is 0 Å². The quantitative estimate of drug-likeness (QED) is 0.0156. The third kappa shape index (κ3) is 20.6. The van der Waals surface area contributed by atoms with E-state index in [0.717, 1.165) is 50.3 Å². The van der Waals surface area contributed by atoms with Crippen molar-refractivity contribution in [1.82, 2.24) is 78.1 Å². The maximum atomic E-state index is 10.7. The summed E-state index contributed by atoms with van der Waals surface area (Å²) in [5.74, 6) is 3.19. The minimum absolute atomic E-state index is 0.282. The number of ether oxygens (including phenoxy) is 4. The number of aromatic nitrogens is 16. The van der Waals surface area contributed by atoms with Gasteiger partial charge in [0.1, 0.15) is 82.9 Å². The van der Waals surface area contributed by atoms with Crippen LogP contribution >= 0.6 is 39.3 Å². The summed E-state index contributed by atoms with van der Waals surface area (Å²) < 4.78 is 30.5. The van der Waals surface area contributed by atoms with Gasteiger partial charge in [0.25, 0.3) is 0 Å². The van der Waals surface area contributed by atoms with Crippen molar-refractivity contribution >= 4 is 132 Å². The Bertz CT molecular complexity index is 4440. The molecule has 4 aliphatic rings. The first-order valence-corrected chi connectivity index (χ1v) is 49.0. The highest BCUT2D eigenvalue weighted by molar-refractivity contribution is 7.98. The van der Waals surface area contributed by atoms with Crippen LogP contribution in [0.2, 0.25) is 0 Å². The second-order valence-corrected chi connectivity index (χ2v) is 48.6. The largest absolute Gasteiger partial charge is 0.388 e. The van der Waals surface area contributed by atoms with Crippen molar-refractivity contribution in [3.05, 3.63) is 54.4 Å². The molecule has 0 aliphatic carbocycles. The van der Waals surface area contributed by atoms with Crippen LogP contribution in [0.3, 0.4) is 0 Å². The highest BCUT2D eigenvalue weighted by Crippen LogP contribution is 2.45. The standard InChI is InChI=1S/C21H34N5O3PS.C18H30N5O3P.2C15H24N5O3P/c1-7-13(2)8-10-22-18-15-19(25-21(24-18)31-6)26(12-23-15)20-17(28)16(27)14(29-20)9-11-30(3,4)5;1-5-6-7-12-21-16(19)13-17(22-12)23(10-20-13)18-15(25)14(24)11(26-18)8-9-27(2,3)4;2*1-8-18-13(16)10-14(19-8)20(7-17-10)15-12(22)11(21)9(23-15)5-6-24(2,3)4/h8,12,14,16-17,20,27-28H,3,7,9-11H2,1-2,4-6H3,(H,22,24,25);10-11,14-15,18,24-25H,2,5-9H2,1,3-4H3,(H2,19,21,22);2*7,9,11-12,15,21-22H,2,5-6H2,1,3-4H3,(H2,16,18,19)/b13-8-;;;/t14-,16-,17-,20-;11-,14-,15-,18-;2*9-,11-,12-,15-/m1111/s1. The molecule has 37 heteroatoms. The minimum Gasteiger partial charge on any atom is -0.388 e. The lowest BCUT2D eigenvalue weighted by molar-refractivity contribution is -0.0353. The molecule has 0 bridgehead atoms. The zero-order valence-electron chi connectivity index (χ0n) is 63.4. The van der Waals surface area contributed by atoms with E-state index in [1.165, 1.54) is 30.0 Å². The van der Waals surface area contributed by atoms with Crippen LogP contribution in [0.15, 0.2) is 42.1 Å². The van der Waals surface area contributed by atoms with E-state index >= 15 is 0 Å². The maximum Gasteiger partial charge on any atom is 0.191 e. The monoisotopic (exact) mass is 1570 g/mol. The number of unbranched alkanes of at least 4 members (excludes halogenated alkanes) is 1. The lowest BCUT2D eigenvalue weighted by atomic mass is 10.1. The van der Waals surface area contributed by atoms with E-state index in [1.54, 1.807) is 44.8 Å². The Balaban J connectivity index is 0.000000164. The number of fused-ring (bicyclic) bond motifs is 4.